The van der Waals surface area contributed by atoms with Crippen LogP contribution in [0, 0.1) is 23.2 Å². The molecule has 244 valence electrons. The van der Waals surface area contributed by atoms with Crippen LogP contribution >= 0.6 is 0 Å². The number of hydrogen-bond donors (Lipinski definition) is 4. The summed E-state index contributed by atoms with van der Waals surface area (Å²) in [7, 11) is -3.39. The van der Waals surface area contributed by atoms with Crippen LogP contribution in [0.5, 0.6) is 0 Å². The summed E-state index contributed by atoms with van der Waals surface area (Å²) in [6.07, 6.45) is 7.44. The van der Waals surface area contributed by atoms with Crippen LogP contribution in [-0.2, 0) is 29.0 Å². The van der Waals surface area contributed by atoms with E-state index in [1.807, 2.05) is 34.6 Å². The Labute approximate surface area is 255 Å². The Morgan fingerprint density at radius 3 is 2.07 bits per heavy atom. The third kappa shape index (κ3) is 9.39. The van der Waals surface area contributed by atoms with Crippen molar-refractivity contribution >= 4 is 39.4 Å². The number of sulfone groups is 1. The predicted molar refractivity (Wildman–Crippen MR) is 162 cm³/mol. The summed E-state index contributed by atoms with van der Waals surface area (Å²) < 4.78 is 24.5. The summed E-state index contributed by atoms with van der Waals surface area (Å²) in [5.74, 6) is -3.04. The number of primary amides is 1. The standard InChI is InChI=1S/C30H51N5O7S/c1-18(2)20-12-15-35(22(20)26(38)32-21(16-19-10-11-19)23(36)25(31)37)27(39)24(29(3,4)5)33-28(40)34-30(17-43(6,41)42)13-8-7-9-14-30/h18-22,24H,7-17H2,1-6H3,(H2,31,37)(H,32,38)(H2,33,34,40)/t20?,21?,22-,24+/m0/s1. The highest BCUT2D eigenvalue weighted by Crippen LogP contribution is 2.36. The third-order valence-electron chi connectivity index (χ3n) is 9.11. The molecule has 13 heteroatoms. The average Bonchev–Trinajstić information content (AvgIpc) is 3.57. The lowest BCUT2D eigenvalue weighted by atomic mass is 9.83. The van der Waals surface area contributed by atoms with Crippen LogP contribution in [0.25, 0.3) is 0 Å². The lowest BCUT2D eigenvalue weighted by Crippen LogP contribution is -2.63. The number of hydrogen-bond acceptors (Lipinski definition) is 7. The van der Waals surface area contributed by atoms with E-state index in [1.54, 1.807) is 0 Å². The molecule has 1 aliphatic heterocycles. The van der Waals surface area contributed by atoms with Crippen LogP contribution in [0.2, 0.25) is 0 Å². The monoisotopic (exact) mass is 625 g/mol. The maximum Gasteiger partial charge on any atom is 0.315 e. The fourth-order valence-electron chi connectivity index (χ4n) is 6.70. The van der Waals surface area contributed by atoms with Crippen LogP contribution in [0.4, 0.5) is 4.79 Å². The van der Waals surface area contributed by atoms with E-state index in [0.717, 1.165) is 38.4 Å². The predicted octanol–water partition coefficient (Wildman–Crippen LogP) is 1.66. The van der Waals surface area contributed by atoms with Crippen LogP contribution < -0.4 is 21.7 Å². The Bertz CT molecular complexity index is 1190. The van der Waals surface area contributed by atoms with Gasteiger partial charge < -0.3 is 26.6 Å². The highest BCUT2D eigenvalue weighted by molar-refractivity contribution is 7.90. The summed E-state index contributed by atoms with van der Waals surface area (Å²) >= 11 is 0. The molecule has 5 N–H and O–H groups in total. The maximum absolute atomic E-state index is 14.2. The molecule has 43 heavy (non-hydrogen) atoms. The average molecular weight is 626 g/mol. The van der Waals surface area contributed by atoms with E-state index in [0.29, 0.717) is 25.7 Å². The highest BCUT2D eigenvalue weighted by atomic mass is 32.2. The summed E-state index contributed by atoms with van der Waals surface area (Å²) in [4.78, 5) is 67.1. The van der Waals surface area contributed by atoms with Gasteiger partial charge in [-0.2, -0.15) is 0 Å². The molecule has 1 heterocycles. The van der Waals surface area contributed by atoms with E-state index in [1.165, 1.54) is 4.90 Å². The molecule has 0 aromatic rings. The molecule has 2 saturated carbocycles. The van der Waals surface area contributed by atoms with Gasteiger partial charge in [-0.15, -0.1) is 0 Å². The molecular formula is C30H51N5O7S. The number of ketones is 1. The number of carbonyl (C=O) groups is 5. The van der Waals surface area contributed by atoms with Crippen molar-refractivity contribution < 1.29 is 32.4 Å². The van der Waals surface area contributed by atoms with Crippen molar-refractivity contribution in [2.45, 2.75) is 116 Å². The summed E-state index contributed by atoms with van der Waals surface area (Å²) in [6.45, 7) is 9.65. The Balaban J connectivity index is 1.84. The van der Waals surface area contributed by atoms with Gasteiger partial charge in [-0.25, -0.2) is 13.2 Å². The third-order valence-corrected chi connectivity index (χ3v) is 10.2. The SMILES string of the molecule is CC(C)C1CCN(C(=O)[C@@H](NC(=O)NC2(CS(C)(=O)=O)CCCCC2)C(C)(C)C)[C@@H]1C(=O)NC(CC1CC1)C(=O)C(N)=O. The van der Waals surface area contributed by atoms with Gasteiger partial charge in [0.05, 0.1) is 17.3 Å². The Kier molecular flexibility index (Phi) is 10.9. The van der Waals surface area contributed by atoms with Gasteiger partial charge in [0.1, 0.15) is 21.9 Å². The quantitative estimate of drug-likeness (QED) is 0.238. The molecule has 2 unspecified atom stereocenters. The molecule has 0 bridgehead atoms. The number of carbonyl (C=O) groups excluding carboxylic acids is 5. The minimum Gasteiger partial charge on any atom is -0.363 e. The molecule has 0 spiro atoms. The van der Waals surface area contributed by atoms with Crippen LogP contribution in [0.3, 0.4) is 0 Å². The van der Waals surface area contributed by atoms with E-state index in [9.17, 15) is 32.4 Å². The molecule has 5 amide bonds. The number of Topliss-reactive ketones (excluding diaryl/α,β-unsaturated/α-hetero) is 1. The lowest BCUT2D eigenvalue weighted by molar-refractivity contribution is -0.144. The number of nitrogens with zero attached hydrogens (tertiary/aromatic N) is 1. The number of amides is 5. The first-order valence-electron chi connectivity index (χ1n) is 15.5. The molecule has 4 atom stereocenters. The molecule has 3 rings (SSSR count). The first kappa shape index (κ1) is 34.8. The first-order valence-corrected chi connectivity index (χ1v) is 17.6. The Morgan fingerprint density at radius 2 is 1.58 bits per heavy atom. The molecule has 2 aliphatic carbocycles. The number of likely N-dealkylation sites (tertiary alicyclic amines) is 1. The summed E-state index contributed by atoms with van der Waals surface area (Å²) in [6, 6.07) is -3.61. The number of nitrogens with two attached hydrogens (primary N) is 1. The van der Waals surface area contributed by atoms with E-state index in [4.69, 9.17) is 5.73 Å². The zero-order valence-electron chi connectivity index (χ0n) is 26.5. The molecule has 3 aliphatic rings. The summed E-state index contributed by atoms with van der Waals surface area (Å²) in [5, 5.41) is 8.47. The maximum atomic E-state index is 14.2. The normalized spacial score (nSPS) is 23.7. The van der Waals surface area contributed by atoms with Crippen molar-refractivity contribution in [3.63, 3.8) is 0 Å². The van der Waals surface area contributed by atoms with Crippen molar-refractivity contribution in [3.8, 4) is 0 Å². The van der Waals surface area contributed by atoms with Crippen LogP contribution in [-0.4, -0.2) is 85.1 Å². The van der Waals surface area contributed by atoms with E-state index < -0.39 is 68.5 Å². The van der Waals surface area contributed by atoms with Gasteiger partial charge in [-0.1, -0.05) is 66.7 Å². The van der Waals surface area contributed by atoms with E-state index in [-0.39, 0.29) is 30.1 Å². The molecule has 0 aromatic carbocycles. The van der Waals surface area contributed by atoms with Crippen molar-refractivity contribution in [1.29, 1.82) is 0 Å². The zero-order valence-corrected chi connectivity index (χ0v) is 27.3. The Morgan fingerprint density at radius 1 is 0.977 bits per heavy atom. The van der Waals surface area contributed by atoms with Gasteiger partial charge in [0.2, 0.25) is 17.6 Å². The van der Waals surface area contributed by atoms with Gasteiger partial charge in [0.25, 0.3) is 5.91 Å². The minimum atomic E-state index is -3.39. The number of urea groups is 1. The second-order valence-corrected chi connectivity index (χ2v) is 16.6. The summed E-state index contributed by atoms with van der Waals surface area (Å²) in [5.41, 5.74) is 3.61. The highest BCUT2D eigenvalue weighted by Gasteiger charge is 2.48. The fourth-order valence-corrected chi connectivity index (χ4v) is 8.07. The van der Waals surface area contributed by atoms with Crippen LogP contribution in [0.15, 0.2) is 0 Å². The minimum absolute atomic E-state index is 0.0359. The zero-order chi connectivity index (χ0) is 32.3. The van der Waals surface area contributed by atoms with Gasteiger partial charge in [-0.05, 0) is 48.9 Å². The lowest BCUT2D eigenvalue weighted by Gasteiger charge is -2.40. The van der Waals surface area contributed by atoms with Gasteiger partial charge in [0.15, 0.2) is 0 Å². The molecule has 3 fully saturated rings. The molecule has 12 nitrogen and oxygen atoms in total. The second kappa shape index (κ2) is 13.5. The van der Waals surface area contributed by atoms with E-state index >= 15 is 0 Å². The van der Waals surface area contributed by atoms with E-state index in [2.05, 4.69) is 16.0 Å². The smallest absolute Gasteiger partial charge is 0.315 e. The second-order valence-electron chi connectivity index (χ2n) is 14.5. The van der Waals surface area contributed by atoms with Crippen molar-refractivity contribution in [3.05, 3.63) is 0 Å². The van der Waals surface area contributed by atoms with Gasteiger partial charge >= 0.3 is 6.03 Å². The largest absolute Gasteiger partial charge is 0.363 e. The Hall–Kier alpha value is -2.70. The van der Waals surface area contributed by atoms with Gasteiger partial charge in [-0.3, -0.25) is 19.2 Å². The fraction of sp³-hybridized carbons (Fsp3) is 0.833. The van der Waals surface area contributed by atoms with Crippen LogP contribution in [0.1, 0.15) is 92.4 Å². The topological polar surface area (TPSA) is 185 Å². The number of nitrogens with one attached hydrogen (secondary N) is 3. The van der Waals surface area contributed by atoms with Crippen molar-refractivity contribution in [1.82, 2.24) is 20.9 Å². The first-order chi connectivity index (χ1) is 19.8. The van der Waals surface area contributed by atoms with Crippen molar-refractivity contribution in [2.75, 3.05) is 18.6 Å². The number of rotatable bonds is 12. The van der Waals surface area contributed by atoms with Gasteiger partial charge in [0, 0.05) is 12.8 Å². The molecule has 0 aromatic heterocycles. The molecule has 0 radical (unpaired) electrons. The molecule has 1 saturated heterocycles. The molecular weight excluding hydrogens is 574 g/mol. The van der Waals surface area contributed by atoms with Crippen molar-refractivity contribution in [2.24, 2.45) is 28.9 Å².